The smallest absolute Gasteiger partial charge is 0.333 e. The normalized spacial score (nSPS) is 10.3. The molecule has 1 N–H and O–H groups in total. The van der Waals surface area contributed by atoms with Gasteiger partial charge in [0, 0.05) is 6.07 Å². The molecule has 7 heteroatoms. The molecule has 1 heterocycles. The van der Waals surface area contributed by atoms with Crippen LogP contribution in [0, 0.1) is 17.0 Å². The molecule has 1 aromatic carbocycles. The number of aromatic nitrogens is 1. The van der Waals surface area contributed by atoms with Crippen molar-refractivity contribution in [1.82, 2.24) is 5.16 Å². The Labute approximate surface area is 115 Å². The first kappa shape index (κ1) is 13.9. The minimum absolute atomic E-state index is 0.0782. The molecule has 1 aromatic heterocycles. The van der Waals surface area contributed by atoms with Gasteiger partial charge < -0.3 is 14.6 Å². The average Bonchev–Trinajstić information content (AvgIpc) is 2.82. The van der Waals surface area contributed by atoms with Crippen LogP contribution in [0.15, 0.2) is 28.8 Å². The predicted molar refractivity (Wildman–Crippen MR) is 72.8 cm³/mol. The lowest BCUT2D eigenvalue weighted by Crippen LogP contribution is -2.04. The molecule has 0 unspecified atom stereocenters. The molecule has 0 radical (unpaired) electrons. The van der Waals surface area contributed by atoms with Gasteiger partial charge in [0.1, 0.15) is 5.69 Å². The summed E-state index contributed by atoms with van der Waals surface area (Å²) in [6.45, 7) is 4.27. The molecule has 0 saturated heterocycles. The van der Waals surface area contributed by atoms with Gasteiger partial charge in [-0.15, -0.1) is 0 Å². The number of benzene rings is 1. The van der Waals surface area contributed by atoms with Gasteiger partial charge in [-0.1, -0.05) is 11.2 Å². The Balaban J connectivity index is 2.22. The summed E-state index contributed by atoms with van der Waals surface area (Å²) in [6.07, 6.45) is 0. The number of hydrogen-bond acceptors (Lipinski definition) is 6. The Kier molecular flexibility index (Phi) is 4.19. The second-order valence-electron chi connectivity index (χ2n) is 4.13. The summed E-state index contributed by atoms with van der Waals surface area (Å²) in [5, 5.41) is 17.9. The fourth-order valence-electron chi connectivity index (χ4n) is 1.81. The Hall–Kier alpha value is -2.57. The van der Waals surface area contributed by atoms with Gasteiger partial charge in [0.2, 0.25) is 0 Å². The van der Waals surface area contributed by atoms with Crippen LogP contribution in [0.4, 0.5) is 11.4 Å². The van der Waals surface area contributed by atoms with Crippen LogP contribution in [0.2, 0.25) is 0 Å². The number of ether oxygens (including phenoxy) is 1. The van der Waals surface area contributed by atoms with Gasteiger partial charge >= 0.3 is 5.69 Å². The highest BCUT2D eigenvalue weighted by atomic mass is 16.6. The lowest BCUT2D eigenvalue weighted by Gasteiger charge is -2.09. The van der Waals surface area contributed by atoms with Gasteiger partial charge in [0.25, 0.3) is 0 Å². The minimum atomic E-state index is -0.459. The third-order valence-corrected chi connectivity index (χ3v) is 2.61. The predicted octanol–water partition coefficient (Wildman–Crippen LogP) is 2.90. The van der Waals surface area contributed by atoms with Crippen molar-refractivity contribution in [2.24, 2.45) is 0 Å². The largest absolute Gasteiger partial charge is 0.487 e. The monoisotopic (exact) mass is 277 g/mol. The van der Waals surface area contributed by atoms with Crippen molar-refractivity contribution in [3.63, 3.8) is 0 Å². The summed E-state index contributed by atoms with van der Waals surface area (Å²) in [5.41, 5.74) is 1.07. The number of anilines is 1. The number of aryl methyl sites for hydroxylation is 1. The van der Waals surface area contributed by atoms with Crippen LogP contribution >= 0.6 is 0 Å². The van der Waals surface area contributed by atoms with E-state index in [1.165, 1.54) is 0 Å². The number of nitro benzene ring substituents is 1. The van der Waals surface area contributed by atoms with E-state index in [0.717, 1.165) is 5.69 Å². The lowest BCUT2D eigenvalue weighted by atomic mass is 10.2. The number of nitrogens with zero attached hydrogens (tertiary/aromatic N) is 2. The average molecular weight is 277 g/mol. The summed E-state index contributed by atoms with van der Waals surface area (Å²) in [7, 11) is 0. The maximum absolute atomic E-state index is 11.2. The summed E-state index contributed by atoms with van der Waals surface area (Å²) in [6, 6.07) is 6.67. The lowest BCUT2D eigenvalue weighted by molar-refractivity contribution is -0.384. The van der Waals surface area contributed by atoms with Gasteiger partial charge in [-0.05, 0) is 26.0 Å². The maximum Gasteiger partial charge on any atom is 0.333 e. The molecule has 7 nitrogen and oxygen atoms in total. The van der Waals surface area contributed by atoms with E-state index in [1.807, 2.05) is 6.92 Å². The standard InChI is InChI=1S/C13H15N3O4/c1-3-19-12-6-4-5-11(13(12)16(17)18)14-8-10-7-9(2)15-20-10/h4-7,14H,3,8H2,1-2H3. The van der Waals surface area contributed by atoms with E-state index in [9.17, 15) is 10.1 Å². The summed E-state index contributed by atoms with van der Waals surface area (Å²) in [4.78, 5) is 10.7. The fourth-order valence-corrected chi connectivity index (χ4v) is 1.81. The highest BCUT2D eigenvalue weighted by Crippen LogP contribution is 2.34. The Morgan fingerprint density at radius 1 is 1.50 bits per heavy atom. The summed E-state index contributed by atoms with van der Waals surface area (Å²) >= 11 is 0. The zero-order valence-electron chi connectivity index (χ0n) is 11.3. The first-order valence-corrected chi connectivity index (χ1v) is 6.18. The number of nitro groups is 1. The van der Waals surface area contributed by atoms with Gasteiger partial charge in [0.05, 0.1) is 23.8 Å². The fraction of sp³-hybridized carbons (Fsp3) is 0.308. The molecule has 0 aliphatic heterocycles. The van der Waals surface area contributed by atoms with Crippen molar-refractivity contribution < 1.29 is 14.2 Å². The molecular formula is C13H15N3O4. The van der Waals surface area contributed by atoms with Crippen LogP contribution in [0.3, 0.4) is 0 Å². The van der Waals surface area contributed by atoms with Crippen LogP contribution in [0.1, 0.15) is 18.4 Å². The SMILES string of the molecule is CCOc1cccc(NCc2cc(C)no2)c1[N+](=O)[O-]. The topological polar surface area (TPSA) is 90.4 Å². The molecule has 0 fully saturated rings. The third kappa shape index (κ3) is 3.05. The van der Waals surface area contributed by atoms with E-state index < -0.39 is 4.92 Å². The maximum atomic E-state index is 11.2. The van der Waals surface area contributed by atoms with Crippen molar-refractivity contribution in [3.8, 4) is 5.75 Å². The van der Waals surface area contributed by atoms with Gasteiger partial charge in [0.15, 0.2) is 11.5 Å². The first-order chi connectivity index (χ1) is 9.61. The molecule has 20 heavy (non-hydrogen) atoms. The minimum Gasteiger partial charge on any atom is -0.487 e. The van der Waals surface area contributed by atoms with Crippen molar-refractivity contribution >= 4 is 11.4 Å². The van der Waals surface area contributed by atoms with Gasteiger partial charge in [-0.2, -0.15) is 0 Å². The van der Waals surface area contributed by atoms with E-state index in [0.29, 0.717) is 24.6 Å². The molecule has 0 saturated carbocycles. The van der Waals surface area contributed by atoms with E-state index in [1.54, 1.807) is 31.2 Å². The van der Waals surface area contributed by atoms with Crippen molar-refractivity contribution in [3.05, 3.63) is 45.8 Å². The van der Waals surface area contributed by atoms with Crippen molar-refractivity contribution in [2.75, 3.05) is 11.9 Å². The number of hydrogen-bond donors (Lipinski definition) is 1. The summed E-state index contributed by atoms with van der Waals surface area (Å²) < 4.78 is 10.3. The van der Waals surface area contributed by atoms with E-state index in [-0.39, 0.29) is 11.4 Å². The molecule has 2 rings (SSSR count). The molecular weight excluding hydrogens is 262 g/mol. The quantitative estimate of drug-likeness (QED) is 0.645. The summed E-state index contributed by atoms with van der Waals surface area (Å²) in [5.74, 6) is 0.856. The van der Waals surface area contributed by atoms with Crippen LogP contribution < -0.4 is 10.1 Å². The van der Waals surface area contributed by atoms with Crippen LogP contribution in [0.5, 0.6) is 5.75 Å². The highest BCUT2D eigenvalue weighted by molar-refractivity contribution is 5.68. The number of para-hydroxylation sites is 1. The van der Waals surface area contributed by atoms with Gasteiger partial charge in [-0.3, -0.25) is 10.1 Å². The Bertz CT molecular complexity index is 609. The molecule has 0 aliphatic carbocycles. The zero-order valence-corrected chi connectivity index (χ0v) is 11.3. The van der Waals surface area contributed by atoms with Crippen molar-refractivity contribution in [1.29, 1.82) is 0 Å². The zero-order chi connectivity index (χ0) is 14.5. The van der Waals surface area contributed by atoms with Gasteiger partial charge in [-0.25, -0.2) is 0 Å². The van der Waals surface area contributed by atoms with Crippen LogP contribution in [-0.2, 0) is 6.54 Å². The van der Waals surface area contributed by atoms with E-state index in [4.69, 9.17) is 9.26 Å². The molecule has 0 spiro atoms. The molecule has 2 aromatic rings. The molecule has 0 atom stereocenters. The van der Waals surface area contributed by atoms with Crippen LogP contribution in [-0.4, -0.2) is 16.7 Å². The Morgan fingerprint density at radius 3 is 2.90 bits per heavy atom. The van der Waals surface area contributed by atoms with E-state index >= 15 is 0 Å². The highest BCUT2D eigenvalue weighted by Gasteiger charge is 2.20. The second kappa shape index (κ2) is 6.05. The number of rotatable bonds is 6. The first-order valence-electron chi connectivity index (χ1n) is 6.18. The molecule has 0 amide bonds. The van der Waals surface area contributed by atoms with E-state index in [2.05, 4.69) is 10.5 Å². The Morgan fingerprint density at radius 2 is 2.30 bits per heavy atom. The number of nitrogens with one attached hydrogen (secondary N) is 1. The molecule has 0 bridgehead atoms. The second-order valence-corrected chi connectivity index (χ2v) is 4.13. The third-order valence-electron chi connectivity index (χ3n) is 2.61. The van der Waals surface area contributed by atoms with Crippen LogP contribution in [0.25, 0.3) is 0 Å². The molecule has 106 valence electrons. The van der Waals surface area contributed by atoms with Crippen molar-refractivity contribution in [2.45, 2.75) is 20.4 Å². The molecule has 0 aliphatic rings.